The molecule has 0 radical (unpaired) electrons. The van der Waals surface area contributed by atoms with Crippen molar-refractivity contribution in [2.24, 2.45) is 5.10 Å². The molecule has 2 aromatic carbocycles. The molecular formula is C18H17FN2O2. The van der Waals surface area contributed by atoms with E-state index in [-0.39, 0.29) is 11.7 Å². The fraction of sp³-hybridized carbons (Fsp3) is 0.111. The standard InChI is InChI=1S/C18H17FN2O2/c1-13(7-8-14-5-3-4-6-17(14)19)20-21-18(22)15-9-11-16(23-2)12-10-15/h3-12H,1-2H3,(H,21,22)/b8-7+,20-13?. The van der Waals surface area contributed by atoms with Gasteiger partial charge in [0.2, 0.25) is 0 Å². The Morgan fingerprint density at radius 3 is 2.52 bits per heavy atom. The summed E-state index contributed by atoms with van der Waals surface area (Å²) in [7, 11) is 1.56. The predicted molar refractivity (Wildman–Crippen MR) is 89.0 cm³/mol. The van der Waals surface area contributed by atoms with Gasteiger partial charge < -0.3 is 4.74 Å². The maximum atomic E-state index is 13.5. The van der Waals surface area contributed by atoms with Crippen molar-refractivity contribution in [1.82, 2.24) is 5.43 Å². The van der Waals surface area contributed by atoms with Crippen molar-refractivity contribution in [2.75, 3.05) is 7.11 Å². The summed E-state index contributed by atoms with van der Waals surface area (Å²) in [4.78, 5) is 11.9. The van der Waals surface area contributed by atoms with E-state index in [2.05, 4.69) is 10.5 Å². The Kier molecular flexibility index (Phi) is 5.63. The number of hydrogen-bond acceptors (Lipinski definition) is 3. The molecule has 0 heterocycles. The number of nitrogens with zero attached hydrogens (tertiary/aromatic N) is 1. The number of ether oxygens (including phenoxy) is 1. The summed E-state index contributed by atoms with van der Waals surface area (Å²) in [5.74, 6) is 0.0409. The van der Waals surface area contributed by atoms with Crippen molar-refractivity contribution >= 4 is 17.7 Å². The van der Waals surface area contributed by atoms with Crippen molar-refractivity contribution in [3.05, 3.63) is 71.6 Å². The van der Waals surface area contributed by atoms with Crippen LogP contribution < -0.4 is 10.2 Å². The van der Waals surface area contributed by atoms with E-state index in [0.29, 0.717) is 22.6 Å². The lowest BCUT2D eigenvalue weighted by atomic mass is 10.2. The molecule has 118 valence electrons. The maximum Gasteiger partial charge on any atom is 0.271 e. The van der Waals surface area contributed by atoms with Crippen LogP contribution in [0.4, 0.5) is 4.39 Å². The Hall–Kier alpha value is -2.95. The molecular weight excluding hydrogens is 295 g/mol. The molecule has 0 aromatic heterocycles. The van der Waals surface area contributed by atoms with Crippen LogP contribution in [0, 0.1) is 5.82 Å². The van der Waals surface area contributed by atoms with Gasteiger partial charge in [0.25, 0.3) is 5.91 Å². The highest BCUT2D eigenvalue weighted by atomic mass is 19.1. The lowest BCUT2D eigenvalue weighted by Crippen LogP contribution is -2.18. The van der Waals surface area contributed by atoms with Crippen LogP contribution in [0.5, 0.6) is 5.75 Å². The second-order valence-corrected chi connectivity index (χ2v) is 4.78. The molecule has 0 aliphatic rings. The van der Waals surface area contributed by atoms with Gasteiger partial charge in [-0.25, -0.2) is 9.82 Å². The minimum atomic E-state index is -0.328. The van der Waals surface area contributed by atoms with Gasteiger partial charge >= 0.3 is 0 Å². The molecule has 0 fully saturated rings. The lowest BCUT2D eigenvalue weighted by molar-refractivity contribution is 0.0955. The molecule has 0 aliphatic heterocycles. The quantitative estimate of drug-likeness (QED) is 0.677. The highest BCUT2D eigenvalue weighted by molar-refractivity contribution is 5.99. The van der Waals surface area contributed by atoms with Crippen LogP contribution in [-0.2, 0) is 0 Å². The van der Waals surface area contributed by atoms with Crippen molar-refractivity contribution in [2.45, 2.75) is 6.92 Å². The summed E-state index contributed by atoms with van der Waals surface area (Å²) in [6.45, 7) is 1.71. The van der Waals surface area contributed by atoms with Gasteiger partial charge in [-0.3, -0.25) is 4.79 Å². The zero-order chi connectivity index (χ0) is 16.7. The first-order valence-electron chi connectivity index (χ1n) is 7.01. The molecule has 0 bridgehead atoms. The smallest absolute Gasteiger partial charge is 0.271 e. The number of allylic oxidation sites excluding steroid dienone is 1. The Morgan fingerprint density at radius 1 is 1.17 bits per heavy atom. The number of methoxy groups -OCH3 is 1. The van der Waals surface area contributed by atoms with E-state index in [1.165, 1.54) is 6.07 Å². The predicted octanol–water partition coefficient (Wildman–Crippen LogP) is 3.65. The van der Waals surface area contributed by atoms with E-state index in [9.17, 15) is 9.18 Å². The average Bonchev–Trinajstić information content (AvgIpc) is 2.59. The number of rotatable bonds is 5. The second-order valence-electron chi connectivity index (χ2n) is 4.78. The first kappa shape index (κ1) is 16.4. The zero-order valence-electron chi connectivity index (χ0n) is 12.9. The number of hydrogen-bond donors (Lipinski definition) is 1. The number of amides is 1. The van der Waals surface area contributed by atoms with Crippen molar-refractivity contribution < 1.29 is 13.9 Å². The SMILES string of the molecule is COc1ccc(C(=O)NN=C(C)/C=C/c2ccccc2F)cc1. The Bertz CT molecular complexity index is 737. The molecule has 2 aromatic rings. The second kappa shape index (κ2) is 7.89. The summed E-state index contributed by atoms with van der Waals surface area (Å²) >= 11 is 0. The normalized spacial score (nSPS) is 11.5. The van der Waals surface area contributed by atoms with Gasteiger partial charge in [-0.05, 0) is 43.3 Å². The number of halogens is 1. The van der Waals surface area contributed by atoms with Crippen LogP contribution >= 0.6 is 0 Å². The highest BCUT2D eigenvalue weighted by Crippen LogP contribution is 2.11. The van der Waals surface area contributed by atoms with Crippen LogP contribution in [0.25, 0.3) is 6.08 Å². The Labute approximate surface area is 134 Å². The molecule has 0 saturated heterocycles. The third-order valence-electron chi connectivity index (χ3n) is 3.10. The van der Waals surface area contributed by atoms with E-state index >= 15 is 0 Å². The summed E-state index contributed by atoms with van der Waals surface area (Å²) in [5.41, 5.74) is 3.94. The molecule has 1 N–H and O–H groups in total. The minimum absolute atomic E-state index is 0.307. The Balaban J connectivity index is 1.98. The van der Waals surface area contributed by atoms with E-state index in [0.717, 1.165) is 0 Å². The number of nitrogens with one attached hydrogen (secondary N) is 1. The van der Waals surface area contributed by atoms with Crippen LogP contribution in [0.3, 0.4) is 0 Å². The van der Waals surface area contributed by atoms with Crippen molar-refractivity contribution in [3.63, 3.8) is 0 Å². The summed E-state index contributed by atoms with van der Waals surface area (Å²) < 4.78 is 18.5. The largest absolute Gasteiger partial charge is 0.497 e. The maximum absolute atomic E-state index is 13.5. The third kappa shape index (κ3) is 4.78. The van der Waals surface area contributed by atoms with Crippen LogP contribution in [0.1, 0.15) is 22.8 Å². The summed E-state index contributed by atoms with van der Waals surface area (Å²) in [6, 6.07) is 13.1. The van der Waals surface area contributed by atoms with Crippen LogP contribution in [0.2, 0.25) is 0 Å². The lowest BCUT2D eigenvalue weighted by Gasteiger charge is -2.02. The molecule has 0 saturated carbocycles. The molecule has 0 spiro atoms. The van der Waals surface area contributed by atoms with Gasteiger partial charge in [0.05, 0.1) is 12.8 Å². The first-order valence-corrected chi connectivity index (χ1v) is 7.01. The molecule has 5 heteroatoms. The molecule has 4 nitrogen and oxygen atoms in total. The number of carbonyl (C=O) groups excluding carboxylic acids is 1. The van der Waals surface area contributed by atoms with Gasteiger partial charge in [0.1, 0.15) is 11.6 Å². The summed E-state index contributed by atoms with van der Waals surface area (Å²) in [6.07, 6.45) is 3.24. The van der Waals surface area contributed by atoms with Crippen molar-refractivity contribution in [3.8, 4) is 5.75 Å². The molecule has 2 rings (SSSR count). The van der Waals surface area contributed by atoms with E-state index in [4.69, 9.17) is 4.74 Å². The number of benzene rings is 2. The highest BCUT2D eigenvalue weighted by Gasteiger charge is 2.04. The third-order valence-corrected chi connectivity index (χ3v) is 3.10. The van der Waals surface area contributed by atoms with Gasteiger partial charge in [0, 0.05) is 11.1 Å². The molecule has 23 heavy (non-hydrogen) atoms. The first-order chi connectivity index (χ1) is 11.1. The molecule has 0 unspecified atom stereocenters. The monoisotopic (exact) mass is 312 g/mol. The van der Waals surface area contributed by atoms with E-state index in [1.807, 2.05) is 0 Å². The minimum Gasteiger partial charge on any atom is -0.497 e. The number of carbonyl (C=O) groups is 1. The van der Waals surface area contributed by atoms with Gasteiger partial charge in [-0.15, -0.1) is 0 Å². The fourth-order valence-electron chi connectivity index (χ4n) is 1.80. The molecule has 0 aliphatic carbocycles. The van der Waals surface area contributed by atoms with Gasteiger partial charge in [-0.1, -0.05) is 24.3 Å². The molecule has 0 atom stereocenters. The van der Waals surface area contributed by atoms with Crippen molar-refractivity contribution in [1.29, 1.82) is 0 Å². The fourth-order valence-corrected chi connectivity index (χ4v) is 1.80. The van der Waals surface area contributed by atoms with E-state index in [1.54, 1.807) is 68.7 Å². The number of hydrazone groups is 1. The van der Waals surface area contributed by atoms with Crippen LogP contribution in [-0.4, -0.2) is 18.7 Å². The van der Waals surface area contributed by atoms with Gasteiger partial charge in [0.15, 0.2) is 0 Å². The molecule has 1 amide bonds. The van der Waals surface area contributed by atoms with Crippen LogP contribution in [0.15, 0.2) is 59.7 Å². The average molecular weight is 312 g/mol. The zero-order valence-corrected chi connectivity index (χ0v) is 12.9. The topological polar surface area (TPSA) is 50.7 Å². The van der Waals surface area contributed by atoms with E-state index < -0.39 is 0 Å². The summed E-state index contributed by atoms with van der Waals surface area (Å²) in [5, 5.41) is 3.96. The van der Waals surface area contributed by atoms with Gasteiger partial charge in [-0.2, -0.15) is 5.10 Å². The Morgan fingerprint density at radius 2 is 1.87 bits per heavy atom.